The molecule has 1 fully saturated rings. The number of aryl methyl sites for hydroxylation is 1. The van der Waals surface area contributed by atoms with E-state index in [0.29, 0.717) is 11.4 Å². The molecule has 1 aliphatic rings. The monoisotopic (exact) mass is 250 g/mol. The molecule has 18 heavy (non-hydrogen) atoms. The first kappa shape index (κ1) is 12.3. The summed E-state index contributed by atoms with van der Waals surface area (Å²) in [7, 11) is 1.44. The molecular weight excluding hydrogens is 236 g/mol. The van der Waals surface area contributed by atoms with Gasteiger partial charge in [0.15, 0.2) is 0 Å². The summed E-state index contributed by atoms with van der Waals surface area (Å²) in [6, 6.07) is 0.906. The molecule has 1 atom stereocenters. The molecular formula is C12H14N2O4. The normalized spacial score (nSPS) is 19.7. The fourth-order valence-electron chi connectivity index (χ4n) is 2.41. The average Bonchev–Trinajstić information content (AvgIpc) is 2.71. The van der Waals surface area contributed by atoms with E-state index in [1.54, 1.807) is 18.4 Å². The van der Waals surface area contributed by atoms with E-state index in [2.05, 4.69) is 0 Å². The Morgan fingerprint density at radius 2 is 2.00 bits per heavy atom. The highest BCUT2D eigenvalue weighted by molar-refractivity contribution is 6.04. The third-order valence-corrected chi connectivity index (χ3v) is 3.38. The number of nitrogens with zero attached hydrogens (tertiary/aromatic N) is 2. The minimum absolute atomic E-state index is 0.0880. The molecule has 2 heterocycles. The first-order valence-corrected chi connectivity index (χ1v) is 5.56. The fraction of sp³-hybridized carbons (Fsp3) is 0.417. The van der Waals surface area contributed by atoms with Crippen LogP contribution in [-0.4, -0.2) is 39.4 Å². The third-order valence-electron chi connectivity index (χ3n) is 3.38. The second kappa shape index (κ2) is 3.97. The van der Waals surface area contributed by atoms with Crippen LogP contribution in [0.25, 0.3) is 0 Å². The van der Waals surface area contributed by atoms with Gasteiger partial charge in [0.2, 0.25) is 5.91 Å². The lowest BCUT2D eigenvalue weighted by molar-refractivity contribution is -0.137. The van der Waals surface area contributed by atoms with Crippen molar-refractivity contribution in [2.24, 2.45) is 0 Å². The molecule has 6 heteroatoms. The van der Waals surface area contributed by atoms with E-state index in [-0.39, 0.29) is 23.8 Å². The van der Waals surface area contributed by atoms with Crippen LogP contribution in [-0.2, 0) is 9.59 Å². The molecule has 0 aromatic carbocycles. The van der Waals surface area contributed by atoms with Gasteiger partial charge in [0.25, 0.3) is 5.91 Å². The number of aromatic carboxylic acids is 1. The molecule has 1 aliphatic heterocycles. The molecule has 0 radical (unpaired) electrons. The van der Waals surface area contributed by atoms with E-state index in [1.165, 1.54) is 13.1 Å². The van der Waals surface area contributed by atoms with Gasteiger partial charge in [-0.25, -0.2) is 4.79 Å². The van der Waals surface area contributed by atoms with Crippen molar-refractivity contribution in [1.29, 1.82) is 0 Å². The Kier molecular flexibility index (Phi) is 2.73. The maximum atomic E-state index is 11.9. The summed E-state index contributed by atoms with van der Waals surface area (Å²) in [6.45, 7) is 3.38. The van der Waals surface area contributed by atoms with Crippen molar-refractivity contribution >= 4 is 17.8 Å². The van der Waals surface area contributed by atoms with Gasteiger partial charge in [-0.15, -0.1) is 0 Å². The van der Waals surface area contributed by atoms with Crippen LogP contribution in [0.1, 0.15) is 34.2 Å². The van der Waals surface area contributed by atoms with Crippen molar-refractivity contribution in [2.75, 3.05) is 7.05 Å². The summed E-state index contributed by atoms with van der Waals surface area (Å²) in [5, 5.41) is 9.04. The smallest absolute Gasteiger partial charge is 0.337 e. The quantitative estimate of drug-likeness (QED) is 0.785. The molecule has 1 unspecified atom stereocenters. The molecule has 0 bridgehead atoms. The Bertz CT molecular complexity index is 559. The maximum absolute atomic E-state index is 11.9. The highest BCUT2D eigenvalue weighted by atomic mass is 16.4. The van der Waals surface area contributed by atoms with Crippen LogP contribution in [0.15, 0.2) is 6.07 Å². The predicted octanol–water partition coefficient (Wildman–Crippen LogP) is 0.733. The number of carbonyl (C=O) groups is 3. The highest BCUT2D eigenvalue weighted by Crippen LogP contribution is 2.28. The summed E-state index contributed by atoms with van der Waals surface area (Å²) < 4.78 is 1.63. The van der Waals surface area contributed by atoms with Crippen molar-refractivity contribution in [1.82, 2.24) is 9.47 Å². The van der Waals surface area contributed by atoms with E-state index >= 15 is 0 Å². The zero-order chi connectivity index (χ0) is 13.6. The van der Waals surface area contributed by atoms with Gasteiger partial charge in [-0.2, -0.15) is 0 Å². The number of carbonyl (C=O) groups excluding carboxylic acids is 2. The summed E-state index contributed by atoms with van der Waals surface area (Å²) in [6.07, 6.45) is 0.0880. The van der Waals surface area contributed by atoms with E-state index in [9.17, 15) is 14.4 Å². The zero-order valence-electron chi connectivity index (χ0n) is 10.4. The Morgan fingerprint density at radius 1 is 1.39 bits per heavy atom. The summed E-state index contributed by atoms with van der Waals surface area (Å²) in [4.78, 5) is 35.6. The topological polar surface area (TPSA) is 79.6 Å². The van der Waals surface area contributed by atoms with Crippen LogP contribution in [0.4, 0.5) is 0 Å². The number of imide groups is 1. The molecule has 2 amide bonds. The Morgan fingerprint density at radius 3 is 2.39 bits per heavy atom. The van der Waals surface area contributed by atoms with E-state index in [4.69, 9.17) is 5.11 Å². The maximum Gasteiger partial charge on any atom is 0.337 e. The van der Waals surface area contributed by atoms with Crippen molar-refractivity contribution in [2.45, 2.75) is 26.3 Å². The predicted molar refractivity (Wildman–Crippen MR) is 62.3 cm³/mol. The number of likely N-dealkylation sites (N-methyl/N-ethyl adjacent to an activating group) is 1. The van der Waals surface area contributed by atoms with Crippen LogP contribution in [0, 0.1) is 13.8 Å². The first-order valence-electron chi connectivity index (χ1n) is 5.56. The van der Waals surface area contributed by atoms with Crippen molar-refractivity contribution in [3.63, 3.8) is 0 Å². The second-order valence-corrected chi connectivity index (χ2v) is 4.47. The lowest BCUT2D eigenvalue weighted by atomic mass is 10.2. The van der Waals surface area contributed by atoms with Gasteiger partial charge >= 0.3 is 5.97 Å². The number of hydrogen-bond acceptors (Lipinski definition) is 3. The molecule has 1 saturated heterocycles. The van der Waals surface area contributed by atoms with E-state index in [1.807, 2.05) is 0 Å². The molecule has 6 nitrogen and oxygen atoms in total. The number of rotatable bonds is 2. The van der Waals surface area contributed by atoms with E-state index in [0.717, 1.165) is 4.90 Å². The SMILES string of the molecule is Cc1cc(C(=O)O)c(C)n1C1CC(=O)N(C)C1=O. The lowest BCUT2D eigenvalue weighted by Gasteiger charge is -2.15. The summed E-state index contributed by atoms with van der Waals surface area (Å²) in [5.74, 6) is -1.56. The van der Waals surface area contributed by atoms with Gasteiger partial charge in [0.05, 0.1) is 12.0 Å². The van der Waals surface area contributed by atoms with Crippen LogP contribution < -0.4 is 0 Å². The number of hydrogen-bond donors (Lipinski definition) is 1. The summed E-state index contributed by atoms with van der Waals surface area (Å²) >= 11 is 0. The second-order valence-electron chi connectivity index (χ2n) is 4.47. The van der Waals surface area contributed by atoms with Gasteiger partial charge in [0, 0.05) is 18.4 Å². The molecule has 2 rings (SSSR count). The van der Waals surface area contributed by atoms with Crippen LogP contribution >= 0.6 is 0 Å². The standard InChI is InChI=1S/C12H14N2O4/c1-6-4-8(12(17)18)7(2)14(6)9-5-10(15)13(3)11(9)16/h4,9H,5H2,1-3H3,(H,17,18). The molecule has 1 aromatic heterocycles. The Hall–Kier alpha value is -2.11. The molecule has 0 aliphatic carbocycles. The van der Waals surface area contributed by atoms with Crippen LogP contribution in [0.5, 0.6) is 0 Å². The number of aromatic nitrogens is 1. The molecule has 0 saturated carbocycles. The van der Waals surface area contributed by atoms with Gasteiger partial charge in [-0.3, -0.25) is 14.5 Å². The molecule has 96 valence electrons. The molecule has 1 aromatic rings. The van der Waals surface area contributed by atoms with Crippen molar-refractivity contribution in [3.05, 3.63) is 23.0 Å². The van der Waals surface area contributed by atoms with Gasteiger partial charge in [-0.05, 0) is 19.9 Å². The van der Waals surface area contributed by atoms with Crippen LogP contribution in [0.2, 0.25) is 0 Å². The average molecular weight is 250 g/mol. The van der Waals surface area contributed by atoms with Crippen molar-refractivity contribution in [3.8, 4) is 0 Å². The lowest BCUT2D eigenvalue weighted by Crippen LogP contribution is -2.27. The number of carboxylic acids is 1. The number of carboxylic acid groups (broad SMARTS) is 1. The van der Waals surface area contributed by atoms with E-state index < -0.39 is 12.0 Å². The largest absolute Gasteiger partial charge is 0.478 e. The zero-order valence-corrected chi connectivity index (χ0v) is 10.4. The number of likely N-dealkylation sites (tertiary alicyclic amines) is 1. The van der Waals surface area contributed by atoms with Gasteiger partial charge in [0.1, 0.15) is 6.04 Å². The minimum atomic E-state index is -1.03. The minimum Gasteiger partial charge on any atom is -0.478 e. The van der Waals surface area contributed by atoms with Gasteiger partial charge in [-0.1, -0.05) is 0 Å². The van der Waals surface area contributed by atoms with Gasteiger partial charge < -0.3 is 9.67 Å². The molecule has 1 N–H and O–H groups in total. The third kappa shape index (κ3) is 1.61. The Balaban J connectivity index is 2.50. The van der Waals surface area contributed by atoms with Crippen molar-refractivity contribution < 1.29 is 19.5 Å². The fourth-order valence-corrected chi connectivity index (χ4v) is 2.41. The molecule has 0 spiro atoms. The summed E-state index contributed by atoms with van der Waals surface area (Å²) in [5.41, 5.74) is 1.34. The first-order chi connectivity index (χ1) is 8.34. The van der Waals surface area contributed by atoms with Crippen LogP contribution in [0.3, 0.4) is 0 Å². The number of amides is 2. The highest BCUT2D eigenvalue weighted by Gasteiger charge is 2.38. The Labute approximate surface area is 104 Å².